The van der Waals surface area contributed by atoms with Gasteiger partial charge in [-0.3, -0.25) is 4.79 Å². The number of methoxy groups -OCH3 is 1. The number of hydrogen-bond donors (Lipinski definition) is 2. The number of carbonyl (C=O) groups is 1. The van der Waals surface area contributed by atoms with Gasteiger partial charge in [0.15, 0.2) is 0 Å². The first-order valence-electron chi connectivity index (χ1n) is 10.8. The molecule has 0 saturated carbocycles. The zero-order chi connectivity index (χ0) is 23.4. The number of aromatic nitrogens is 3. The van der Waals surface area contributed by atoms with Crippen LogP contribution in [0.4, 0.5) is 11.6 Å². The number of benzene rings is 2. The van der Waals surface area contributed by atoms with Gasteiger partial charge in [-0.2, -0.15) is 10.1 Å². The molecule has 172 valence electrons. The molecule has 0 fully saturated rings. The molecule has 3 aromatic rings. The lowest BCUT2D eigenvalue weighted by Crippen LogP contribution is -2.32. The van der Waals surface area contributed by atoms with Crippen molar-refractivity contribution >= 4 is 33.5 Å². The summed E-state index contributed by atoms with van der Waals surface area (Å²) in [5.74, 6) is 1.58. The molecule has 0 bridgehead atoms. The van der Waals surface area contributed by atoms with Gasteiger partial charge in [0.2, 0.25) is 5.95 Å². The Kier molecular flexibility index (Phi) is 6.98. The van der Waals surface area contributed by atoms with Crippen LogP contribution in [0, 0.1) is 0 Å². The number of amides is 1. The third-order valence-corrected chi connectivity index (χ3v) is 5.91. The summed E-state index contributed by atoms with van der Waals surface area (Å²) in [6.45, 7) is 4.57. The molecule has 0 saturated heterocycles. The maximum Gasteiger partial charge on any atom is 0.255 e. The van der Waals surface area contributed by atoms with E-state index in [0.717, 1.165) is 22.9 Å². The number of allylic oxidation sites excluding steroid dienone is 1. The Hall–Kier alpha value is -3.33. The number of anilines is 2. The first kappa shape index (κ1) is 22.8. The average molecular weight is 512 g/mol. The first-order valence-corrected chi connectivity index (χ1v) is 11.6. The van der Waals surface area contributed by atoms with E-state index in [2.05, 4.69) is 43.6 Å². The van der Waals surface area contributed by atoms with Gasteiger partial charge in [0.05, 0.1) is 25.0 Å². The molecule has 1 amide bonds. The van der Waals surface area contributed by atoms with Crippen molar-refractivity contribution < 1.29 is 14.3 Å². The van der Waals surface area contributed by atoms with Gasteiger partial charge in [-0.15, -0.1) is 0 Å². The zero-order valence-corrected chi connectivity index (χ0v) is 20.3. The third-order valence-electron chi connectivity index (χ3n) is 5.42. The van der Waals surface area contributed by atoms with Crippen molar-refractivity contribution in [2.75, 3.05) is 24.4 Å². The predicted octanol–water partition coefficient (Wildman–Crippen LogP) is 5.16. The molecule has 0 radical (unpaired) electrons. The summed E-state index contributed by atoms with van der Waals surface area (Å²) in [6.07, 6.45) is 3.43. The van der Waals surface area contributed by atoms with Crippen LogP contribution >= 0.6 is 15.9 Å². The van der Waals surface area contributed by atoms with E-state index in [-0.39, 0.29) is 5.91 Å². The highest BCUT2D eigenvalue weighted by molar-refractivity contribution is 9.10. The van der Waals surface area contributed by atoms with Crippen molar-refractivity contribution in [1.82, 2.24) is 14.8 Å². The molecule has 1 aliphatic rings. The second-order valence-corrected chi connectivity index (χ2v) is 8.55. The van der Waals surface area contributed by atoms with Gasteiger partial charge in [0.1, 0.15) is 23.9 Å². The monoisotopic (exact) mass is 511 g/mol. The molecular weight excluding hydrogens is 486 g/mol. The van der Waals surface area contributed by atoms with Crippen LogP contribution in [0.3, 0.4) is 0 Å². The molecule has 1 unspecified atom stereocenters. The standard InChI is InChI=1S/C24H26BrN5O3/c1-4-5-12-33-19-11-10-16(25)13-17(19)22-21(15(2)28-24-26-14-27-30(22)24)23(31)29-18-8-6-7-9-20(18)32-3/h6-11,13-14,22H,4-5,12H2,1-3H3,(H,29,31)(H,26,27,28). The molecule has 1 atom stereocenters. The van der Waals surface area contributed by atoms with Gasteiger partial charge in [0, 0.05) is 15.7 Å². The van der Waals surface area contributed by atoms with Gasteiger partial charge >= 0.3 is 0 Å². The minimum absolute atomic E-state index is 0.268. The first-order chi connectivity index (χ1) is 16.0. The molecule has 8 nitrogen and oxygen atoms in total. The van der Waals surface area contributed by atoms with E-state index in [9.17, 15) is 4.79 Å². The van der Waals surface area contributed by atoms with E-state index < -0.39 is 6.04 Å². The van der Waals surface area contributed by atoms with Crippen LogP contribution in [0.5, 0.6) is 11.5 Å². The van der Waals surface area contributed by atoms with Gasteiger partial charge in [-0.1, -0.05) is 41.4 Å². The van der Waals surface area contributed by atoms with Crippen molar-refractivity contribution in [2.45, 2.75) is 32.7 Å². The zero-order valence-electron chi connectivity index (χ0n) is 18.8. The van der Waals surface area contributed by atoms with Crippen molar-refractivity contribution in [3.8, 4) is 11.5 Å². The highest BCUT2D eigenvalue weighted by atomic mass is 79.9. The van der Waals surface area contributed by atoms with Crippen LogP contribution in [0.2, 0.25) is 0 Å². The number of fused-ring (bicyclic) bond motifs is 1. The fourth-order valence-electron chi connectivity index (χ4n) is 3.80. The molecular formula is C24H26BrN5O3. The lowest BCUT2D eigenvalue weighted by atomic mass is 9.94. The summed E-state index contributed by atoms with van der Waals surface area (Å²) in [6, 6.07) is 12.6. The molecule has 1 aromatic heterocycles. The molecule has 2 aromatic carbocycles. The Morgan fingerprint density at radius 2 is 2.06 bits per heavy atom. The SMILES string of the molecule is CCCCOc1ccc(Br)cc1C1C(C(=O)Nc2ccccc2OC)=C(C)Nc2ncnn21. The van der Waals surface area contributed by atoms with E-state index in [1.165, 1.54) is 6.33 Å². The van der Waals surface area contributed by atoms with Crippen LogP contribution < -0.4 is 20.1 Å². The number of unbranched alkanes of at least 4 members (excludes halogenated alkanes) is 1. The predicted molar refractivity (Wildman–Crippen MR) is 131 cm³/mol. The van der Waals surface area contributed by atoms with Crippen molar-refractivity contribution in [1.29, 1.82) is 0 Å². The highest BCUT2D eigenvalue weighted by Gasteiger charge is 2.35. The second kappa shape index (κ2) is 10.1. The van der Waals surface area contributed by atoms with Gasteiger partial charge < -0.3 is 20.1 Å². The summed E-state index contributed by atoms with van der Waals surface area (Å²) in [4.78, 5) is 18.0. The van der Waals surface area contributed by atoms with E-state index in [1.807, 2.05) is 37.3 Å². The van der Waals surface area contributed by atoms with Crippen LogP contribution in [-0.2, 0) is 4.79 Å². The van der Waals surface area contributed by atoms with E-state index in [1.54, 1.807) is 23.9 Å². The third kappa shape index (κ3) is 4.73. The normalized spacial score (nSPS) is 15.0. The Balaban J connectivity index is 1.78. The molecule has 9 heteroatoms. The van der Waals surface area contributed by atoms with Crippen LogP contribution in [0.1, 0.15) is 38.3 Å². The molecule has 2 heterocycles. The molecule has 0 aliphatic carbocycles. The van der Waals surface area contributed by atoms with Crippen molar-refractivity contribution in [2.24, 2.45) is 0 Å². The van der Waals surface area contributed by atoms with E-state index in [0.29, 0.717) is 41.0 Å². The summed E-state index contributed by atoms with van der Waals surface area (Å²) < 4.78 is 14.1. The summed E-state index contributed by atoms with van der Waals surface area (Å²) in [7, 11) is 1.57. The number of ether oxygens (including phenoxy) is 2. The minimum atomic E-state index is -0.535. The number of hydrogen-bond acceptors (Lipinski definition) is 6. The Labute approximate surface area is 201 Å². The molecule has 0 spiro atoms. The lowest BCUT2D eigenvalue weighted by molar-refractivity contribution is -0.113. The Bertz CT molecular complexity index is 1190. The van der Waals surface area contributed by atoms with Crippen LogP contribution in [-0.4, -0.2) is 34.4 Å². The fraction of sp³-hybridized carbons (Fsp3) is 0.292. The number of halogens is 1. The number of carbonyl (C=O) groups excluding carboxylic acids is 1. The van der Waals surface area contributed by atoms with E-state index in [4.69, 9.17) is 9.47 Å². The average Bonchev–Trinajstić information content (AvgIpc) is 3.27. The van der Waals surface area contributed by atoms with Crippen molar-refractivity contribution in [3.63, 3.8) is 0 Å². The van der Waals surface area contributed by atoms with Crippen LogP contribution in [0.25, 0.3) is 0 Å². The highest BCUT2D eigenvalue weighted by Crippen LogP contribution is 2.40. The quantitative estimate of drug-likeness (QED) is 0.406. The molecule has 4 rings (SSSR count). The maximum absolute atomic E-state index is 13.6. The topological polar surface area (TPSA) is 90.3 Å². The summed E-state index contributed by atoms with van der Waals surface area (Å²) >= 11 is 3.57. The molecule has 33 heavy (non-hydrogen) atoms. The summed E-state index contributed by atoms with van der Waals surface area (Å²) in [5, 5.41) is 10.6. The van der Waals surface area contributed by atoms with Gasteiger partial charge in [-0.25, -0.2) is 4.68 Å². The lowest BCUT2D eigenvalue weighted by Gasteiger charge is -2.30. The van der Waals surface area contributed by atoms with Gasteiger partial charge in [-0.05, 0) is 43.7 Å². The maximum atomic E-state index is 13.6. The van der Waals surface area contributed by atoms with Gasteiger partial charge in [0.25, 0.3) is 5.91 Å². The minimum Gasteiger partial charge on any atom is -0.495 e. The van der Waals surface area contributed by atoms with Crippen LogP contribution in [0.15, 0.2) is 64.5 Å². The smallest absolute Gasteiger partial charge is 0.255 e. The summed E-state index contributed by atoms with van der Waals surface area (Å²) in [5.41, 5.74) is 2.60. The van der Waals surface area contributed by atoms with Crippen molar-refractivity contribution in [3.05, 3.63) is 70.1 Å². The number of nitrogens with one attached hydrogen (secondary N) is 2. The fourth-order valence-corrected chi connectivity index (χ4v) is 4.18. The molecule has 1 aliphatic heterocycles. The Morgan fingerprint density at radius 1 is 1.24 bits per heavy atom. The molecule has 2 N–H and O–H groups in total. The number of para-hydroxylation sites is 2. The van der Waals surface area contributed by atoms with E-state index >= 15 is 0 Å². The number of rotatable bonds is 8. The largest absolute Gasteiger partial charge is 0.495 e. The number of nitrogens with zero attached hydrogens (tertiary/aromatic N) is 3. The second-order valence-electron chi connectivity index (χ2n) is 7.63. The Morgan fingerprint density at radius 3 is 2.85 bits per heavy atom.